The molecule has 4 N–H and O–H groups in total. The fourth-order valence-corrected chi connectivity index (χ4v) is 4.58. The highest BCUT2D eigenvalue weighted by molar-refractivity contribution is 6.31. The van der Waals surface area contributed by atoms with Crippen molar-refractivity contribution in [2.45, 2.75) is 49.5 Å². The van der Waals surface area contributed by atoms with Crippen LogP contribution in [-0.2, 0) is 20.6 Å². The van der Waals surface area contributed by atoms with E-state index in [2.05, 4.69) is 0 Å². The normalized spacial score (nSPS) is 32.2. The Labute approximate surface area is 203 Å². The van der Waals surface area contributed by atoms with Crippen molar-refractivity contribution in [3.63, 3.8) is 0 Å². The van der Waals surface area contributed by atoms with Crippen LogP contribution < -0.4 is 4.74 Å². The number of ether oxygens (including phenoxy) is 4. The van der Waals surface area contributed by atoms with E-state index in [-0.39, 0.29) is 26.4 Å². The monoisotopic (exact) mass is 494 g/mol. The van der Waals surface area contributed by atoms with Gasteiger partial charge in [-0.25, -0.2) is 0 Å². The van der Waals surface area contributed by atoms with Gasteiger partial charge in [-0.1, -0.05) is 35.9 Å². The van der Waals surface area contributed by atoms with Crippen molar-refractivity contribution in [3.8, 4) is 5.75 Å². The lowest BCUT2D eigenvalue weighted by Gasteiger charge is -2.49. The molecular formula is C25H31ClO8. The molecule has 0 bridgehead atoms. The molecule has 1 spiro atoms. The summed E-state index contributed by atoms with van der Waals surface area (Å²) in [6, 6.07) is 13.0. The van der Waals surface area contributed by atoms with Crippen LogP contribution in [0.3, 0.4) is 0 Å². The zero-order valence-electron chi connectivity index (χ0n) is 19.0. The summed E-state index contributed by atoms with van der Waals surface area (Å²) >= 11 is 6.47. The average molecular weight is 495 g/mol. The second-order valence-electron chi connectivity index (χ2n) is 8.82. The first-order chi connectivity index (χ1) is 16.3. The van der Waals surface area contributed by atoms with E-state index in [1.807, 2.05) is 37.3 Å². The van der Waals surface area contributed by atoms with Gasteiger partial charge in [0.15, 0.2) is 0 Å². The van der Waals surface area contributed by atoms with Crippen molar-refractivity contribution in [1.82, 2.24) is 0 Å². The summed E-state index contributed by atoms with van der Waals surface area (Å²) in [4.78, 5) is 0. The first-order valence-electron chi connectivity index (χ1n) is 11.4. The Morgan fingerprint density at radius 3 is 2.29 bits per heavy atom. The van der Waals surface area contributed by atoms with Gasteiger partial charge in [-0.2, -0.15) is 0 Å². The third kappa shape index (κ3) is 5.40. The minimum absolute atomic E-state index is 0.00826. The minimum Gasteiger partial charge on any atom is -0.494 e. The second-order valence-corrected chi connectivity index (χ2v) is 9.23. The Bertz CT molecular complexity index is 942. The summed E-state index contributed by atoms with van der Waals surface area (Å²) in [5.74, 6) is 0.791. The highest BCUT2D eigenvalue weighted by Crippen LogP contribution is 2.40. The lowest BCUT2D eigenvalue weighted by atomic mass is 9.83. The number of benzene rings is 2. The van der Waals surface area contributed by atoms with Gasteiger partial charge in [0, 0.05) is 5.02 Å². The number of aliphatic hydroxyl groups excluding tert-OH is 4. The lowest BCUT2D eigenvalue weighted by Crippen LogP contribution is -2.66. The van der Waals surface area contributed by atoms with Gasteiger partial charge in [-0.15, -0.1) is 0 Å². The van der Waals surface area contributed by atoms with Gasteiger partial charge in [0.2, 0.25) is 0 Å². The molecule has 2 aromatic rings. The maximum absolute atomic E-state index is 10.8. The number of halogens is 1. The molecule has 4 rings (SSSR count). The highest BCUT2D eigenvalue weighted by Gasteiger charge is 2.54. The maximum atomic E-state index is 10.8. The average Bonchev–Trinajstić information content (AvgIpc) is 2.81. The molecule has 0 saturated carbocycles. The third-order valence-electron chi connectivity index (χ3n) is 6.22. The number of rotatable bonds is 5. The number of aliphatic hydroxyl groups is 4. The van der Waals surface area contributed by atoms with Crippen LogP contribution in [-0.4, -0.2) is 83.5 Å². The van der Waals surface area contributed by atoms with Crippen molar-refractivity contribution in [2.75, 3.05) is 33.0 Å². The molecule has 0 amide bonds. The first kappa shape index (κ1) is 25.3. The van der Waals surface area contributed by atoms with Crippen LogP contribution in [0, 0.1) is 0 Å². The molecule has 2 aromatic carbocycles. The van der Waals surface area contributed by atoms with Crippen molar-refractivity contribution in [2.24, 2.45) is 0 Å². The molecule has 8 nitrogen and oxygen atoms in total. The molecule has 4 unspecified atom stereocenters. The van der Waals surface area contributed by atoms with Gasteiger partial charge in [0.05, 0.1) is 33.0 Å². The standard InChI is InChI=1S/C25H31ClO8/c1-2-33-19-6-3-15(4-7-19)9-17-10-16(5-8-20(17)26)23-21(28)22(29)24(30)25(34-23)13-31-11-18(27)12-32-14-25/h3-8,10,18,21-24,27-30H,2,9,11-14H2,1H3. The SMILES string of the molecule is CCOc1ccc(Cc2cc(C3OC4(COCC(O)COC4)C(O)C(O)C3O)ccc2Cl)cc1. The topological polar surface area (TPSA) is 118 Å². The van der Waals surface area contributed by atoms with E-state index < -0.39 is 36.1 Å². The number of hydrogen-bond acceptors (Lipinski definition) is 8. The molecule has 4 atom stereocenters. The molecule has 34 heavy (non-hydrogen) atoms. The maximum Gasteiger partial charge on any atom is 0.144 e. The summed E-state index contributed by atoms with van der Waals surface area (Å²) in [6.07, 6.45) is -5.50. The molecule has 9 heteroatoms. The molecule has 186 valence electrons. The minimum atomic E-state index is -1.49. The molecule has 2 aliphatic heterocycles. The molecule has 0 aliphatic carbocycles. The van der Waals surface area contributed by atoms with Gasteiger partial charge in [-0.3, -0.25) is 0 Å². The van der Waals surface area contributed by atoms with E-state index in [9.17, 15) is 20.4 Å². The van der Waals surface area contributed by atoms with Crippen LogP contribution in [0.5, 0.6) is 5.75 Å². The van der Waals surface area contributed by atoms with E-state index in [4.69, 9.17) is 30.5 Å². The fraction of sp³-hybridized carbons (Fsp3) is 0.520. The summed E-state index contributed by atoms with van der Waals surface area (Å²) < 4.78 is 22.8. The second kappa shape index (κ2) is 10.9. The van der Waals surface area contributed by atoms with Crippen molar-refractivity contribution in [3.05, 3.63) is 64.2 Å². The first-order valence-corrected chi connectivity index (χ1v) is 11.8. The third-order valence-corrected chi connectivity index (χ3v) is 6.59. The lowest BCUT2D eigenvalue weighted by molar-refractivity contribution is -0.303. The molecule has 2 fully saturated rings. The molecule has 2 saturated heterocycles. The van der Waals surface area contributed by atoms with E-state index in [1.165, 1.54) is 0 Å². The summed E-state index contributed by atoms with van der Waals surface area (Å²) in [6.45, 7) is 2.31. The quantitative estimate of drug-likeness (QED) is 0.495. The van der Waals surface area contributed by atoms with Crippen LogP contribution in [0.2, 0.25) is 5.02 Å². The Balaban J connectivity index is 1.58. The Hall–Kier alpha value is -1.75. The predicted octanol–water partition coefficient (Wildman–Crippen LogP) is 1.63. The summed E-state index contributed by atoms with van der Waals surface area (Å²) in [7, 11) is 0. The van der Waals surface area contributed by atoms with Crippen LogP contribution in [0.1, 0.15) is 29.7 Å². The van der Waals surface area contributed by atoms with Crippen LogP contribution >= 0.6 is 11.6 Å². The van der Waals surface area contributed by atoms with Crippen molar-refractivity contribution in [1.29, 1.82) is 0 Å². The van der Waals surface area contributed by atoms with Gasteiger partial charge >= 0.3 is 0 Å². The van der Waals surface area contributed by atoms with Gasteiger partial charge < -0.3 is 39.4 Å². The summed E-state index contributed by atoms with van der Waals surface area (Å²) in [5.41, 5.74) is 1.05. The van der Waals surface area contributed by atoms with Crippen LogP contribution in [0.4, 0.5) is 0 Å². The fourth-order valence-electron chi connectivity index (χ4n) is 4.40. The van der Waals surface area contributed by atoms with Crippen molar-refractivity contribution >= 4 is 11.6 Å². The summed E-state index contributed by atoms with van der Waals surface area (Å²) in [5, 5.41) is 42.5. The Morgan fingerprint density at radius 1 is 0.971 bits per heavy atom. The predicted molar refractivity (Wildman–Crippen MR) is 124 cm³/mol. The van der Waals surface area contributed by atoms with Gasteiger partial charge in [0.25, 0.3) is 0 Å². The molecule has 2 aliphatic rings. The molecule has 0 radical (unpaired) electrons. The smallest absolute Gasteiger partial charge is 0.144 e. The Kier molecular flexibility index (Phi) is 8.12. The van der Waals surface area contributed by atoms with Crippen LogP contribution in [0.15, 0.2) is 42.5 Å². The van der Waals surface area contributed by atoms with E-state index >= 15 is 0 Å². The number of hydrogen-bond donors (Lipinski definition) is 4. The van der Waals surface area contributed by atoms with E-state index in [1.54, 1.807) is 12.1 Å². The van der Waals surface area contributed by atoms with Crippen LogP contribution in [0.25, 0.3) is 0 Å². The largest absolute Gasteiger partial charge is 0.494 e. The van der Waals surface area contributed by atoms with E-state index in [0.29, 0.717) is 23.6 Å². The van der Waals surface area contributed by atoms with Crippen molar-refractivity contribution < 1.29 is 39.4 Å². The van der Waals surface area contributed by atoms with Gasteiger partial charge in [0.1, 0.15) is 41.9 Å². The molecular weight excluding hydrogens is 464 g/mol. The Morgan fingerprint density at radius 2 is 1.65 bits per heavy atom. The van der Waals surface area contributed by atoms with Gasteiger partial charge in [-0.05, 0) is 48.2 Å². The zero-order chi connectivity index (χ0) is 24.3. The van der Waals surface area contributed by atoms with E-state index in [0.717, 1.165) is 16.9 Å². The molecule has 0 aromatic heterocycles. The molecule has 2 heterocycles. The zero-order valence-corrected chi connectivity index (χ0v) is 19.7. The highest BCUT2D eigenvalue weighted by atomic mass is 35.5.